The molecule has 5 nitrogen and oxygen atoms in total. The molecule has 0 amide bonds. The molecule has 2 aromatic rings. The summed E-state index contributed by atoms with van der Waals surface area (Å²) in [5, 5.41) is 4.68. The number of rotatable bonds is 5. The molecule has 0 bridgehead atoms. The van der Waals surface area contributed by atoms with Gasteiger partial charge in [-0.1, -0.05) is 40.9 Å². The van der Waals surface area contributed by atoms with Crippen LogP contribution in [0.2, 0.25) is 15.1 Å². The molecule has 1 heterocycles. The van der Waals surface area contributed by atoms with Crippen molar-refractivity contribution in [2.24, 2.45) is 0 Å². The van der Waals surface area contributed by atoms with E-state index in [1.165, 1.54) is 7.11 Å². The van der Waals surface area contributed by atoms with Crippen molar-refractivity contribution in [1.29, 1.82) is 0 Å². The molecule has 0 saturated heterocycles. The topological polar surface area (TPSA) is 64.6 Å². The molecule has 1 aliphatic heterocycles. The van der Waals surface area contributed by atoms with Crippen LogP contribution in [-0.2, 0) is 16.2 Å². The van der Waals surface area contributed by atoms with E-state index in [9.17, 15) is 9.59 Å². The van der Waals surface area contributed by atoms with Crippen molar-refractivity contribution in [3.63, 3.8) is 0 Å². The number of hydrogen-bond acceptors (Lipinski definition) is 5. The summed E-state index contributed by atoms with van der Waals surface area (Å²) < 4.78 is 11.6. The number of dihydropyridines is 1. The maximum absolute atomic E-state index is 13.1. The molecule has 0 radical (unpaired) electrons. The molecule has 5 rings (SSSR count). The molecule has 2 aliphatic carbocycles. The fraction of sp³-hybridized carbons (Fsp3) is 0.333. The van der Waals surface area contributed by atoms with Crippen molar-refractivity contribution in [1.82, 2.24) is 5.32 Å². The Hall–Kier alpha value is -2.47. The van der Waals surface area contributed by atoms with E-state index in [2.05, 4.69) is 5.32 Å². The van der Waals surface area contributed by atoms with E-state index >= 15 is 0 Å². The Balaban J connectivity index is 1.54. The minimum atomic E-state index is -0.461. The lowest BCUT2D eigenvalue weighted by Crippen LogP contribution is -2.36. The Morgan fingerprint density at radius 3 is 2.11 bits per heavy atom. The van der Waals surface area contributed by atoms with E-state index in [0.29, 0.717) is 50.6 Å². The highest BCUT2D eigenvalue weighted by atomic mass is 35.5. The molecule has 8 heteroatoms. The normalized spacial score (nSPS) is 18.3. The molecule has 182 valence electrons. The Morgan fingerprint density at radius 2 is 1.51 bits per heavy atom. The third kappa shape index (κ3) is 4.57. The lowest BCUT2D eigenvalue weighted by molar-refractivity contribution is -0.116. The summed E-state index contributed by atoms with van der Waals surface area (Å²) in [6.07, 6.45) is 4.14. The zero-order chi connectivity index (χ0) is 24.7. The Bertz CT molecular complexity index is 1260. The summed E-state index contributed by atoms with van der Waals surface area (Å²) in [4.78, 5) is 26.1. The zero-order valence-electron chi connectivity index (χ0n) is 19.2. The van der Waals surface area contributed by atoms with Gasteiger partial charge in [-0.2, -0.15) is 0 Å². The van der Waals surface area contributed by atoms with E-state index in [1.54, 1.807) is 18.2 Å². The predicted octanol–water partition coefficient (Wildman–Crippen LogP) is 6.94. The summed E-state index contributed by atoms with van der Waals surface area (Å²) in [5.41, 5.74) is 4.77. The third-order valence-electron chi connectivity index (χ3n) is 6.74. The van der Waals surface area contributed by atoms with Crippen molar-refractivity contribution < 1.29 is 19.1 Å². The first-order valence-corrected chi connectivity index (χ1v) is 12.7. The molecule has 0 aromatic heterocycles. The lowest BCUT2D eigenvalue weighted by Gasteiger charge is -2.37. The second kappa shape index (κ2) is 9.88. The molecule has 0 unspecified atom stereocenters. The van der Waals surface area contributed by atoms with Gasteiger partial charge in [0.2, 0.25) is 0 Å². The second-order valence-electron chi connectivity index (χ2n) is 8.97. The summed E-state index contributed by atoms with van der Waals surface area (Å²) in [6.45, 7) is 0.210. The molecule has 0 atom stereocenters. The highest BCUT2D eigenvalue weighted by Crippen LogP contribution is 2.48. The van der Waals surface area contributed by atoms with E-state index in [-0.39, 0.29) is 18.2 Å². The molecular formula is C27H24Cl3NO4. The van der Waals surface area contributed by atoms with Crippen molar-refractivity contribution in [3.8, 4) is 11.5 Å². The predicted molar refractivity (Wildman–Crippen MR) is 136 cm³/mol. The smallest absolute Gasteiger partial charge is 0.180 e. The number of Topliss-reactive ketones (excluding diaryl/α,β-unsaturated/α-hetero) is 2. The Morgan fingerprint density at radius 1 is 0.857 bits per heavy atom. The van der Waals surface area contributed by atoms with Crippen LogP contribution in [0.5, 0.6) is 11.5 Å². The monoisotopic (exact) mass is 531 g/mol. The van der Waals surface area contributed by atoms with Gasteiger partial charge in [-0.15, -0.1) is 0 Å². The first-order chi connectivity index (χ1) is 16.9. The largest absolute Gasteiger partial charge is 0.493 e. The number of ether oxygens (including phenoxy) is 2. The number of carbonyl (C=O) groups is 2. The molecule has 3 aliphatic rings. The van der Waals surface area contributed by atoms with Gasteiger partial charge >= 0.3 is 0 Å². The molecule has 0 fully saturated rings. The number of benzene rings is 2. The van der Waals surface area contributed by atoms with Gasteiger partial charge in [0.15, 0.2) is 23.1 Å². The number of hydrogen-bond donors (Lipinski definition) is 1. The maximum atomic E-state index is 13.1. The quantitative estimate of drug-likeness (QED) is 0.452. The highest BCUT2D eigenvalue weighted by molar-refractivity contribution is 6.42. The van der Waals surface area contributed by atoms with Crippen LogP contribution in [0, 0.1) is 0 Å². The van der Waals surface area contributed by atoms with Gasteiger partial charge in [0.1, 0.15) is 6.61 Å². The van der Waals surface area contributed by atoms with Crippen LogP contribution in [0.3, 0.4) is 0 Å². The molecule has 0 saturated carbocycles. The number of carbonyl (C=O) groups excluding carboxylic acids is 2. The van der Waals surface area contributed by atoms with E-state index in [0.717, 1.165) is 48.2 Å². The minimum Gasteiger partial charge on any atom is -0.493 e. The van der Waals surface area contributed by atoms with Gasteiger partial charge in [-0.05, 0) is 61.1 Å². The first kappa shape index (κ1) is 24.2. The van der Waals surface area contributed by atoms with Crippen molar-refractivity contribution >= 4 is 46.4 Å². The standard InChI is InChI=1S/C27H24Cl3NO4/c1-34-23-12-15(11-18(30)27(23)35-13-14-8-9-16(28)17(29)10-14)24-25-19(4-2-6-21(25)32)31-20-5-3-7-22(33)26(20)24/h8-12,24,31H,2-7,13H2,1H3. The van der Waals surface area contributed by atoms with E-state index in [1.807, 2.05) is 12.1 Å². The van der Waals surface area contributed by atoms with E-state index < -0.39 is 5.92 Å². The van der Waals surface area contributed by atoms with Crippen molar-refractivity contribution in [2.75, 3.05) is 7.11 Å². The molecular weight excluding hydrogens is 509 g/mol. The van der Waals surface area contributed by atoms with Crippen molar-refractivity contribution in [2.45, 2.75) is 51.0 Å². The number of halogens is 3. The van der Waals surface area contributed by atoms with Crippen LogP contribution < -0.4 is 14.8 Å². The average Bonchev–Trinajstić information content (AvgIpc) is 2.84. The molecule has 35 heavy (non-hydrogen) atoms. The maximum Gasteiger partial charge on any atom is 0.180 e. The van der Waals surface area contributed by atoms with Crippen molar-refractivity contribution in [3.05, 3.63) is 79.1 Å². The lowest BCUT2D eigenvalue weighted by atomic mass is 9.71. The number of ketones is 2. The van der Waals surface area contributed by atoms with E-state index in [4.69, 9.17) is 44.3 Å². The number of allylic oxidation sites excluding steroid dienone is 4. The van der Waals surface area contributed by atoms with Gasteiger partial charge in [0, 0.05) is 41.3 Å². The Labute approximate surface area is 219 Å². The molecule has 0 spiro atoms. The average molecular weight is 533 g/mol. The van der Waals surface area contributed by atoms with Gasteiger partial charge in [0.25, 0.3) is 0 Å². The van der Waals surface area contributed by atoms with Gasteiger partial charge in [-0.3, -0.25) is 9.59 Å². The zero-order valence-corrected chi connectivity index (χ0v) is 21.4. The minimum absolute atomic E-state index is 0.0729. The fourth-order valence-electron chi connectivity index (χ4n) is 5.15. The molecule has 2 aromatic carbocycles. The summed E-state index contributed by atoms with van der Waals surface area (Å²) in [7, 11) is 1.54. The van der Waals surface area contributed by atoms with Crippen LogP contribution in [-0.4, -0.2) is 18.7 Å². The van der Waals surface area contributed by atoms with Gasteiger partial charge < -0.3 is 14.8 Å². The summed E-state index contributed by atoms with van der Waals surface area (Å²) in [6, 6.07) is 8.87. The fourth-order valence-corrected chi connectivity index (χ4v) is 5.74. The first-order valence-electron chi connectivity index (χ1n) is 11.6. The van der Waals surface area contributed by atoms with Gasteiger partial charge in [0.05, 0.1) is 22.2 Å². The van der Waals surface area contributed by atoms with Gasteiger partial charge in [-0.25, -0.2) is 0 Å². The van der Waals surface area contributed by atoms with Crippen LogP contribution in [0.1, 0.15) is 55.6 Å². The molecule has 1 N–H and O–H groups in total. The summed E-state index contributed by atoms with van der Waals surface area (Å²) in [5.74, 6) is 0.498. The van der Waals surface area contributed by atoms with Crippen LogP contribution in [0.25, 0.3) is 0 Å². The SMILES string of the molecule is COc1cc(C2C3=C(CCCC3=O)NC3=C2C(=O)CCC3)cc(Cl)c1OCc1ccc(Cl)c(Cl)c1. The van der Waals surface area contributed by atoms with Crippen LogP contribution in [0.4, 0.5) is 0 Å². The summed E-state index contributed by atoms with van der Waals surface area (Å²) >= 11 is 18.8. The number of nitrogens with one attached hydrogen (secondary N) is 1. The van der Waals surface area contributed by atoms with Crippen LogP contribution >= 0.6 is 34.8 Å². The van der Waals surface area contributed by atoms with Crippen LogP contribution in [0.15, 0.2) is 52.9 Å². The second-order valence-corrected chi connectivity index (χ2v) is 10.2. The third-order valence-corrected chi connectivity index (χ3v) is 7.76. The Kier molecular flexibility index (Phi) is 6.84. The highest BCUT2D eigenvalue weighted by Gasteiger charge is 2.40. The number of methoxy groups -OCH3 is 1.